The number of benzene rings is 2. The monoisotopic (exact) mass is 420 g/mol. The Hall–Kier alpha value is -2.57. The number of carbonyl (C=O) groups excluding carboxylic acids is 2. The second-order valence-electron chi connectivity index (χ2n) is 7.31. The number of halogens is 2. The normalized spacial score (nSPS) is 15.8. The number of rotatable bonds is 2. The first-order chi connectivity index (χ1) is 13.0. The van der Waals surface area contributed by atoms with Crippen LogP contribution in [0.25, 0.3) is 6.08 Å². The number of aromatic hydroxyl groups is 2. The lowest BCUT2D eigenvalue weighted by molar-refractivity contribution is -0.119. The number of nitrogens with one attached hydrogen (secondary N) is 1. The topological polar surface area (TPSA) is 99.0 Å². The van der Waals surface area contributed by atoms with E-state index < -0.39 is 5.41 Å². The largest absolute Gasteiger partial charge is 0.505 e. The summed E-state index contributed by atoms with van der Waals surface area (Å²) in [7, 11) is 0. The first-order valence-corrected chi connectivity index (χ1v) is 9.20. The molecule has 0 fully saturated rings. The average Bonchev–Trinajstić information content (AvgIpc) is 2.54. The lowest BCUT2D eigenvalue weighted by Crippen LogP contribution is -2.42. The molecule has 2 aromatic carbocycles. The number of nitrogens with zero attached hydrogens (tertiary/aromatic N) is 1. The van der Waals surface area contributed by atoms with Gasteiger partial charge in [-0.05, 0) is 29.8 Å². The van der Waals surface area contributed by atoms with Gasteiger partial charge in [0, 0.05) is 29.5 Å². The van der Waals surface area contributed by atoms with Crippen molar-refractivity contribution in [3.05, 3.63) is 49.9 Å². The van der Waals surface area contributed by atoms with E-state index in [0.717, 1.165) is 0 Å². The van der Waals surface area contributed by atoms with Crippen LogP contribution in [0.4, 0.5) is 5.69 Å². The average molecular weight is 421 g/mol. The molecular weight excluding hydrogens is 403 g/mol. The van der Waals surface area contributed by atoms with E-state index in [0.29, 0.717) is 21.7 Å². The van der Waals surface area contributed by atoms with Gasteiger partial charge in [-0.1, -0.05) is 37.0 Å². The van der Waals surface area contributed by atoms with Crippen molar-refractivity contribution in [2.24, 2.45) is 4.99 Å². The van der Waals surface area contributed by atoms with Gasteiger partial charge in [0.2, 0.25) is 11.8 Å². The molecule has 0 unspecified atom stereocenters. The summed E-state index contributed by atoms with van der Waals surface area (Å²) in [6.07, 6.45) is 1.80. The van der Waals surface area contributed by atoms with Crippen molar-refractivity contribution in [2.75, 3.05) is 5.32 Å². The SMILES string of the molecule is CC(=O)Nc1c/c(=C\c2cc(Cl)c(O)c(Cl)c2)c2c(c1O)C(C)(C)CC(=O)N=2. The van der Waals surface area contributed by atoms with Gasteiger partial charge in [-0.25, -0.2) is 4.99 Å². The van der Waals surface area contributed by atoms with Crippen LogP contribution < -0.4 is 15.9 Å². The summed E-state index contributed by atoms with van der Waals surface area (Å²) in [6, 6.07) is 4.55. The lowest BCUT2D eigenvalue weighted by Gasteiger charge is -2.28. The maximum Gasteiger partial charge on any atom is 0.247 e. The molecule has 0 saturated heterocycles. The number of phenolic OH excluding ortho intramolecular Hbond substituents is 2. The molecule has 2 aromatic rings. The first kappa shape index (κ1) is 20.2. The summed E-state index contributed by atoms with van der Waals surface area (Å²) < 4.78 is 0. The highest BCUT2D eigenvalue weighted by Gasteiger charge is 2.33. The molecule has 0 atom stereocenters. The van der Waals surface area contributed by atoms with E-state index in [1.807, 2.05) is 13.8 Å². The van der Waals surface area contributed by atoms with Crippen molar-refractivity contribution in [3.8, 4) is 11.5 Å². The number of phenols is 2. The third-order valence-corrected chi connectivity index (χ3v) is 5.06. The van der Waals surface area contributed by atoms with E-state index in [2.05, 4.69) is 10.3 Å². The van der Waals surface area contributed by atoms with Crippen LogP contribution in [0.15, 0.2) is 23.2 Å². The molecule has 0 spiro atoms. The Kier molecular flexibility index (Phi) is 5.12. The molecule has 3 rings (SSSR count). The van der Waals surface area contributed by atoms with Crippen molar-refractivity contribution in [3.63, 3.8) is 0 Å². The van der Waals surface area contributed by atoms with E-state index in [1.54, 1.807) is 6.08 Å². The molecular formula is C20H18Cl2N2O4. The van der Waals surface area contributed by atoms with Gasteiger partial charge in [0.05, 0.1) is 21.1 Å². The summed E-state index contributed by atoms with van der Waals surface area (Å²) in [4.78, 5) is 27.9. The van der Waals surface area contributed by atoms with Crippen LogP contribution in [0.2, 0.25) is 10.0 Å². The molecule has 2 amide bonds. The molecule has 146 valence electrons. The molecule has 6 nitrogen and oxygen atoms in total. The number of hydrogen-bond acceptors (Lipinski definition) is 4. The lowest BCUT2D eigenvalue weighted by atomic mass is 9.78. The van der Waals surface area contributed by atoms with E-state index in [1.165, 1.54) is 25.1 Å². The highest BCUT2D eigenvalue weighted by atomic mass is 35.5. The zero-order valence-corrected chi connectivity index (χ0v) is 16.9. The van der Waals surface area contributed by atoms with Gasteiger partial charge in [0.1, 0.15) is 5.75 Å². The van der Waals surface area contributed by atoms with Gasteiger partial charge < -0.3 is 15.5 Å². The highest BCUT2D eigenvalue weighted by molar-refractivity contribution is 6.37. The summed E-state index contributed by atoms with van der Waals surface area (Å²) in [6.45, 7) is 4.99. The van der Waals surface area contributed by atoms with Crippen LogP contribution in [0, 0.1) is 0 Å². The highest BCUT2D eigenvalue weighted by Crippen LogP contribution is 2.37. The Morgan fingerprint density at radius 1 is 1.18 bits per heavy atom. The number of hydrogen-bond donors (Lipinski definition) is 3. The van der Waals surface area contributed by atoms with Crippen molar-refractivity contribution in [2.45, 2.75) is 32.6 Å². The summed E-state index contributed by atoms with van der Waals surface area (Å²) in [5.41, 5.74) is 0.562. The fourth-order valence-corrected chi connectivity index (χ4v) is 3.82. The number of fused-ring (bicyclic) bond motifs is 1. The van der Waals surface area contributed by atoms with Crippen LogP contribution in [-0.4, -0.2) is 22.0 Å². The van der Waals surface area contributed by atoms with E-state index in [4.69, 9.17) is 23.2 Å². The van der Waals surface area contributed by atoms with Crippen molar-refractivity contribution in [1.82, 2.24) is 0 Å². The fraction of sp³-hybridized carbons (Fsp3) is 0.250. The predicted octanol–water partition coefficient (Wildman–Crippen LogP) is 3.02. The van der Waals surface area contributed by atoms with E-state index in [9.17, 15) is 19.8 Å². The second-order valence-corrected chi connectivity index (χ2v) is 8.12. The standard InChI is InChI=1S/C20H18Cl2N2O4/c1-9(25)23-14-7-11(4-10-5-12(21)18(27)13(22)6-10)17-16(19(14)28)20(2,3)8-15(26)24-17/h4-7,27-28H,8H2,1-3H3,(H,23,25)/b11-4+. The Labute approximate surface area is 171 Å². The first-order valence-electron chi connectivity index (χ1n) is 8.45. The zero-order valence-electron chi connectivity index (χ0n) is 15.4. The van der Waals surface area contributed by atoms with Gasteiger partial charge in [-0.3, -0.25) is 9.59 Å². The fourth-order valence-electron chi connectivity index (χ4n) is 3.32. The molecule has 1 heterocycles. The number of amides is 2. The van der Waals surface area contributed by atoms with Crippen LogP contribution in [0.1, 0.15) is 38.3 Å². The Morgan fingerprint density at radius 2 is 1.79 bits per heavy atom. The minimum atomic E-state index is -0.681. The van der Waals surface area contributed by atoms with Crippen molar-refractivity contribution in [1.29, 1.82) is 0 Å². The summed E-state index contributed by atoms with van der Waals surface area (Å²) >= 11 is 12.0. The molecule has 0 saturated carbocycles. The predicted molar refractivity (Wildman–Crippen MR) is 108 cm³/mol. The molecule has 1 aliphatic heterocycles. The number of anilines is 1. The quantitative estimate of drug-likeness (QED) is 0.650. The molecule has 0 aromatic heterocycles. The van der Waals surface area contributed by atoms with Crippen LogP contribution >= 0.6 is 23.2 Å². The van der Waals surface area contributed by atoms with Gasteiger partial charge in [0.25, 0.3) is 0 Å². The Morgan fingerprint density at radius 3 is 2.36 bits per heavy atom. The van der Waals surface area contributed by atoms with Gasteiger partial charge in [0.15, 0.2) is 5.75 Å². The summed E-state index contributed by atoms with van der Waals surface area (Å²) in [5, 5.41) is 24.1. The van der Waals surface area contributed by atoms with Gasteiger partial charge >= 0.3 is 0 Å². The van der Waals surface area contributed by atoms with Gasteiger partial charge in [-0.2, -0.15) is 0 Å². The number of carbonyl (C=O) groups is 2. The molecule has 0 aliphatic carbocycles. The van der Waals surface area contributed by atoms with Gasteiger partial charge in [-0.15, -0.1) is 0 Å². The van der Waals surface area contributed by atoms with Crippen LogP contribution in [-0.2, 0) is 15.0 Å². The molecule has 0 bridgehead atoms. The Balaban J connectivity index is 2.41. The van der Waals surface area contributed by atoms with Crippen LogP contribution in [0.5, 0.6) is 11.5 Å². The Bertz CT molecular complexity index is 1120. The smallest absolute Gasteiger partial charge is 0.247 e. The minimum absolute atomic E-state index is 0.0711. The maximum atomic E-state index is 12.2. The summed E-state index contributed by atoms with van der Waals surface area (Å²) in [5.74, 6) is -1.00. The second kappa shape index (κ2) is 7.11. The third kappa shape index (κ3) is 3.70. The van der Waals surface area contributed by atoms with E-state index >= 15 is 0 Å². The molecule has 8 heteroatoms. The van der Waals surface area contributed by atoms with Crippen molar-refractivity contribution < 1.29 is 19.8 Å². The third-order valence-electron chi connectivity index (χ3n) is 4.48. The maximum absolute atomic E-state index is 12.2. The molecule has 3 N–H and O–H groups in total. The zero-order chi connectivity index (χ0) is 20.8. The van der Waals surface area contributed by atoms with Crippen LogP contribution in [0.3, 0.4) is 0 Å². The van der Waals surface area contributed by atoms with E-state index in [-0.39, 0.29) is 45.5 Å². The molecule has 0 radical (unpaired) electrons. The molecule has 1 aliphatic rings. The van der Waals surface area contributed by atoms with Crippen molar-refractivity contribution >= 4 is 46.8 Å². The molecule has 28 heavy (non-hydrogen) atoms. The minimum Gasteiger partial charge on any atom is -0.505 e.